The van der Waals surface area contributed by atoms with Crippen molar-refractivity contribution >= 4 is 62.2 Å². The highest BCUT2D eigenvalue weighted by Gasteiger charge is 2.48. The number of rotatable bonds is 3. The van der Waals surface area contributed by atoms with Gasteiger partial charge in [0.1, 0.15) is 17.1 Å². The summed E-state index contributed by atoms with van der Waals surface area (Å²) in [7, 11) is 0. The molecule has 27 heavy (non-hydrogen) atoms. The lowest BCUT2D eigenvalue weighted by molar-refractivity contribution is -0.139. The molecule has 0 saturated heterocycles. The van der Waals surface area contributed by atoms with E-state index in [0.29, 0.717) is 5.56 Å². The van der Waals surface area contributed by atoms with Crippen molar-refractivity contribution in [2.45, 2.75) is 5.41 Å². The van der Waals surface area contributed by atoms with Crippen LogP contribution in [0.2, 0.25) is 10.0 Å². The number of hydrogen-bond acceptors (Lipinski definition) is 4. The summed E-state index contributed by atoms with van der Waals surface area (Å²) >= 11 is 15.8. The molecule has 2 aromatic heterocycles. The third kappa shape index (κ3) is 2.55. The summed E-state index contributed by atoms with van der Waals surface area (Å²) in [6, 6.07) is 4.01. The number of nitrogens with two attached hydrogens (primary N) is 1. The Hall–Kier alpha value is -2.42. The van der Waals surface area contributed by atoms with E-state index in [1.165, 1.54) is 12.2 Å². The zero-order chi connectivity index (χ0) is 19.5. The van der Waals surface area contributed by atoms with Crippen molar-refractivity contribution < 1.29 is 14.7 Å². The standard InChI is InChI=1S/C17H8BrCl2N4O3/c18-11-12-9(6-22-13(11)17(4-5-17)15(25)26)23-14(24(12)16(21)27)10-7(19)2-1-3-8(10)20/h1-5H,(H2,21,27)(H,25,26). The maximum atomic E-state index is 12.2. The van der Waals surface area contributed by atoms with Crippen molar-refractivity contribution in [2.75, 3.05) is 0 Å². The van der Waals surface area contributed by atoms with Crippen LogP contribution in [-0.2, 0) is 10.2 Å². The second kappa shape index (κ2) is 6.05. The first-order valence-electron chi connectivity index (χ1n) is 7.46. The monoisotopic (exact) mass is 465 g/mol. The van der Waals surface area contributed by atoms with Gasteiger partial charge in [-0.1, -0.05) is 41.4 Å². The van der Waals surface area contributed by atoms with Crippen LogP contribution >= 0.6 is 39.1 Å². The fourth-order valence-electron chi connectivity index (χ4n) is 2.82. The molecule has 1 aromatic carbocycles. The molecule has 0 aliphatic heterocycles. The third-order valence-corrected chi connectivity index (χ3v) is 5.60. The average Bonchev–Trinajstić information content (AvgIpc) is 3.30. The van der Waals surface area contributed by atoms with Crippen LogP contribution in [0.3, 0.4) is 0 Å². The number of carbonyl (C=O) groups is 2. The summed E-state index contributed by atoms with van der Waals surface area (Å²) in [5, 5.41) is 10.0. The largest absolute Gasteiger partial charge is 0.480 e. The lowest BCUT2D eigenvalue weighted by Gasteiger charge is -2.13. The predicted octanol–water partition coefficient (Wildman–Crippen LogP) is 3.79. The van der Waals surface area contributed by atoms with Crippen molar-refractivity contribution in [3.63, 3.8) is 0 Å². The number of halogens is 3. The number of fused-ring (bicyclic) bond motifs is 1. The second-order valence-electron chi connectivity index (χ2n) is 5.80. The molecule has 0 unspecified atom stereocenters. The molecule has 1 aliphatic carbocycles. The Morgan fingerprint density at radius 1 is 1.26 bits per heavy atom. The number of pyridine rings is 1. The van der Waals surface area contributed by atoms with Gasteiger partial charge in [0, 0.05) is 0 Å². The second-order valence-corrected chi connectivity index (χ2v) is 7.40. The van der Waals surface area contributed by atoms with Gasteiger partial charge in [0.2, 0.25) is 0 Å². The van der Waals surface area contributed by atoms with Crippen LogP contribution in [0.4, 0.5) is 4.79 Å². The maximum Gasteiger partial charge on any atom is 0.325 e. The van der Waals surface area contributed by atoms with Gasteiger partial charge in [-0.2, -0.15) is 0 Å². The molecule has 0 saturated carbocycles. The first-order valence-corrected chi connectivity index (χ1v) is 9.01. The van der Waals surface area contributed by atoms with E-state index in [2.05, 4.69) is 32.1 Å². The predicted molar refractivity (Wildman–Crippen MR) is 103 cm³/mol. The number of carboxylic acids is 1. The van der Waals surface area contributed by atoms with Crippen molar-refractivity contribution in [1.29, 1.82) is 0 Å². The highest BCUT2D eigenvalue weighted by Crippen LogP contribution is 2.44. The molecule has 7 nitrogen and oxygen atoms in total. The molecule has 3 aromatic rings. The van der Waals surface area contributed by atoms with Crippen LogP contribution < -0.4 is 5.73 Å². The number of primary amides is 1. The number of carboxylic acid groups (broad SMARTS) is 1. The lowest BCUT2D eigenvalue weighted by Crippen LogP contribution is -2.25. The smallest absolute Gasteiger partial charge is 0.325 e. The minimum Gasteiger partial charge on any atom is -0.480 e. The molecular weight excluding hydrogens is 459 g/mol. The van der Waals surface area contributed by atoms with E-state index in [-0.39, 0.29) is 37.1 Å². The van der Waals surface area contributed by atoms with Crippen LogP contribution in [-0.4, -0.2) is 31.6 Å². The van der Waals surface area contributed by atoms with Gasteiger partial charge in [0.15, 0.2) is 5.82 Å². The molecule has 3 N–H and O–H groups in total. The molecule has 0 spiro atoms. The van der Waals surface area contributed by atoms with Gasteiger partial charge in [-0.3, -0.25) is 4.79 Å². The Morgan fingerprint density at radius 2 is 1.89 bits per heavy atom. The van der Waals surface area contributed by atoms with E-state index < -0.39 is 17.4 Å². The Balaban J connectivity index is 2.07. The van der Waals surface area contributed by atoms with Crippen molar-refractivity contribution in [1.82, 2.24) is 14.5 Å². The van der Waals surface area contributed by atoms with Crippen molar-refractivity contribution in [3.8, 4) is 11.4 Å². The quantitative estimate of drug-likeness (QED) is 0.570. The Kier molecular flexibility index (Phi) is 4.03. The third-order valence-electron chi connectivity index (χ3n) is 4.22. The van der Waals surface area contributed by atoms with E-state index in [0.717, 1.165) is 4.57 Å². The summed E-state index contributed by atoms with van der Waals surface area (Å²) in [6.07, 6.45) is 5.65. The Bertz CT molecular complexity index is 1160. The number of nitrogens with zero attached hydrogens (tertiary/aromatic N) is 3. The summed E-state index contributed by atoms with van der Waals surface area (Å²) in [6.45, 7) is 0. The van der Waals surface area contributed by atoms with Gasteiger partial charge in [-0.05, 0) is 28.1 Å². The van der Waals surface area contributed by atoms with Crippen LogP contribution in [0, 0.1) is 6.20 Å². The van der Waals surface area contributed by atoms with Crippen molar-refractivity contribution in [2.24, 2.45) is 5.73 Å². The van der Waals surface area contributed by atoms with Gasteiger partial charge in [0.05, 0.1) is 31.3 Å². The molecule has 0 atom stereocenters. The molecular formula is C17H8BrCl2N4O3. The van der Waals surface area contributed by atoms with Crippen LogP contribution in [0.5, 0.6) is 0 Å². The molecule has 1 aliphatic rings. The van der Waals surface area contributed by atoms with E-state index >= 15 is 0 Å². The molecule has 1 amide bonds. The summed E-state index contributed by atoms with van der Waals surface area (Å²) < 4.78 is 1.37. The number of imidazole rings is 1. The minimum atomic E-state index is -1.35. The summed E-state index contributed by atoms with van der Waals surface area (Å²) in [4.78, 5) is 32.3. The van der Waals surface area contributed by atoms with Crippen LogP contribution in [0.1, 0.15) is 5.69 Å². The first kappa shape index (κ1) is 18.0. The maximum absolute atomic E-state index is 12.2. The zero-order valence-electron chi connectivity index (χ0n) is 13.2. The molecule has 135 valence electrons. The fourth-order valence-corrected chi connectivity index (χ4v) is 4.17. The molecule has 2 heterocycles. The normalized spacial score (nSPS) is 14.5. The van der Waals surface area contributed by atoms with E-state index in [1.807, 2.05) is 0 Å². The molecule has 4 rings (SSSR count). The molecule has 0 bridgehead atoms. The van der Waals surface area contributed by atoms with E-state index in [9.17, 15) is 14.7 Å². The van der Waals surface area contributed by atoms with Gasteiger partial charge in [-0.15, -0.1) is 0 Å². The van der Waals surface area contributed by atoms with Crippen LogP contribution in [0.15, 0.2) is 34.8 Å². The number of hydrogen-bond donors (Lipinski definition) is 2. The fraction of sp³-hybridized carbons (Fsp3) is 0.0588. The Labute approximate surface area is 170 Å². The van der Waals surface area contributed by atoms with Gasteiger partial charge in [0.25, 0.3) is 0 Å². The van der Waals surface area contributed by atoms with Gasteiger partial charge < -0.3 is 10.8 Å². The average molecular weight is 467 g/mol. The number of amides is 1. The summed E-state index contributed by atoms with van der Waals surface area (Å²) in [5.41, 5.74) is 5.15. The summed E-state index contributed by atoms with van der Waals surface area (Å²) in [5.74, 6) is -0.986. The van der Waals surface area contributed by atoms with Crippen LogP contribution in [0.25, 0.3) is 22.4 Å². The van der Waals surface area contributed by atoms with Gasteiger partial charge in [-0.25, -0.2) is 19.3 Å². The molecule has 0 fully saturated rings. The van der Waals surface area contributed by atoms with Gasteiger partial charge >= 0.3 is 12.0 Å². The number of benzene rings is 1. The first-order chi connectivity index (χ1) is 12.8. The SMILES string of the molecule is NC(=O)n1c(-c2c(Cl)cccc2Cl)nc2[c]nc(C3(C(=O)O)C=C3)c(Br)c21. The van der Waals surface area contributed by atoms with E-state index in [1.54, 1.807) is 18.2 Å². The van der Waals surface area contributed by atoms with E-state index in [4.69, 9.17) is 28.9 Å². The Morgan fingerprint density at radius 3 is 2.41 bits per heavy atom. The highest BCUT2D eigenvalue weighted by atomic mass is 79.9. The molecule has 1 radical (unpaired) electrons. The highest BCUT2D eigenvalue weighted by molar-refractivity contribution is 9.10. The van der Waals surface area contributed by atoms with Crippen molar-refractivity contribution in [3.05, 3.63) is 56.8 Å². The topological polar surface area (TPSA) is 111 Å². The lowest BCUT2D eigenvalue weighted by atomic mass is 9.99. The molecule has 10 heteroatoms. The zero-order valence-corrected chi connectivity index (χ0v) is 16.3. The number of aromatic nitrogens is 3. The minimum absolute atomic E-state index is 0.108. The number of carbonyl (C=O) groups excluding carboxylic acids is 1. The number of aliphatic carboxylic acids is 1.